The molecule has 210 valence electrons. The first-order chi connectivity index (χ1) is 17.2. The zero-order valence-corrected chi connectivity index (χ0v) is 25.2. The number of benzene rings is 2. The Morgan fingerprint density at radius 1 is 0.658 bits per heavy atom. The summed E-state index contributed by atoms with van der Waals surface area (Å²) in [5.41, 5.74) is 8.97. The molecule has 0 unspecified atom stereocenters. The maximum absolute atomic E-state index is 12.8. The average Bonchev–Trinajstić information content (AvgIpc) is 2.72. The molecule has 2 aromatic carbocycles. The van der Waals surface area contributed by atoms with Crippen LogP contribution in [-0.4, -0.2) is 22.0 Å². The summed E-state index contributed by atoms with van der Waals surface area (Å²) < 4.78 is 0. The van der Waals surface area contributed by atoms with Gasteiger partial charge in [0.15, 0.2) is 0 Å². The molecular weight excluding hydrogens is 476 g/mol. The second-order valence-corrected chi connectivity index (χ2v) is 14.0. The van der Waals surface area contributed by atoms with Crippen molar-refractivity contribution in [3.8, 4) is 11.5 Å². The third-order valence-corrected chi connectivity index (χ3v) is 6.54. The Hall–Kier alpha value is -3.02. The van der Waals surface area contributed by atoms with E-state index in [0.29, 0.717) is 18.1 Å². The Morgan fingerprint density at radius 2 is 1.00 bits per heavy atom. The van der Waals surface area contributed by atoms with Crippen LogP contribution in [0.2, 0.25) is 0 Å². The minimum atomic E-state index is -0.342. The van der Waals surface area contributed by atoms with Crippen molar-refractivity contribution < 1.29 is 19.8 Å². The molecule has 0 aromatic heterocycles. The summed E-state index contributed by atoms with van der Waals surface area (Å²) in [6, 6.07) is 7.49. The summed E-state index contributed by atoms with van der Waals surface area (Å²) in [5.74, 6) is 0.236. The minimum Gasteiger partial charge on any atom is -0.507 e. The van der Waals surface area contributed by atoms with E-state index in [1.54, 1.807) is 0 Å². The van der Waals surface area contributed by atoms with Gasteiger partial charge in [-0.1, -0.05) is 100 Å². The molecule has 0 aliphatic heterocycles. The van der Waals surface area contributed by atoms with Crippen LogP contribution in [-0.2, 0) is 45.1 Å². The standard InChI is InChI=1S/C32H48N2O4/c1-19(2)12-22-13-20(14-23(28(22)37)30(3,4)5)17-26(35)33-34-27(36)18-21-15-24(31(6,7)8)29(38)25(16-21)32(9,10)11/h13-16,19,37-38H,12,17-18H2,1-11H3,(H,33,35)(H,34,36). The van der Waals surface area contributed by atoms with Crippen molar-refractivity contribution in [3.63, 3.8) is 0 Å². The van der Waals surface area contributed by atoms with Crippen LogP contribution in [0.15, 0.2) is 24.3 Å². The molecular formula is C32H48N2O4. The number of phenolic OH excluding ortho intramolecular Hbond substituents is 2. The number of nitrogens with one attached hydrogen (secondary N) is 2. The fourth-order valence-electron chi connectivity index (χ4n) is 4.57. The Labute approximate surface area is 229 Å². The van der Waals surface area contributed by atoms with E-state index in [9.17, 15) is 19.8 Å². The number of hydrogen-bond donors (Lipinski definition) is 4. The molecule has 2 rings (SSSR count). The molecule has 6 heteroatoms. The summed E-state index contributed by atoms with van der Waals surface area (Å²) in [4.78, 5) is 25.5. The van der Waals surface area contributed by atoms with E-state index in [4.69, 9.17) is 0 Å². The zero-order valence-electron chi connectivity index (χ0n) is 25.2. The van der Waals surface area contributed by atoms with Gasteiger partial charge in [-0.05, 0) is 62.0 Å². The van der Waals surface area contributed by atoms with Gasteiger partial charge < -0.3 is 10.2 Å². The molecule has 2 aromatic rings. The van der Waals surface area contributed by atoms with Crippen LogP contribution in [0.1, 0.15) is 110 Å². The fraction of sp³-hybridized carbons (Fsp3) is 0.562. The SMILES string of the molecule is CC(C)Cc1cc(CC(=O)NNC(=O)Cc2cc(C(C)(C)C)c(O)c(C(C)(C)C)c2)cc(C(C)(C)C)c1O. The van der Waals surface area contributed by atoms with Crippen molar-refractivity contribution in [2.75, 3.05) is 0 Å². The molecule has 0 fully saturated rings. The second-order valence-electron chi connectivity index (χ2n) is 14.0. The number of carbonyl (C=O) groups excluding carboxylic acids is 2. The lowest BCUT2D eigenvalue weighted by atomic mass is 9.78. The molecule has 0 saturated heterocycles. The smallest absolute Gasteiger partial charge is 0.242 e. The van der Waals surface area contributed by atoms with Gasteiger partial charge >= 0.3 is 0 Å². The third-order valence-electron chi connectivity index (χ3n) is 6.54. The third kappa shape index (κ3) is 8.24. The summed E-state index contributed by atoms with van der Waals surface area (Å²) >= 11 is 0. The lowest BCUT2D eigenvalue weighted by Gasteiger charge is -2.28. The molecule has 0 aliphatic rings. The predicted molar refractivity (Wildman–Crippen MR) is 155 cm³/mol. The van der Waals surface area contributed by atoms with Crippen LogP contribution in [0.25, 0.3) is 0 Å². The monoisotopic (exact) mass is 524 g/mol. The van der Waals surface area contributed by atoms with Crippen molar-refractivity contribution in [2.24, 2.45) is 5.92 Å². The van der Waals surface area contributed by atoms with Crippen LogP contribution >= 0.6 is 0 Å². The van der Waals surface area contributed by atoms with Crippen molar-refractivity contribution in [3.05, 3.63) is 57.6 Å². The van der Waals surface area contributed by atoms with Gasteiger partial charge in [-0.15, -0.1) is 0 Å². The number of hydrazine groups is 1. The Kier molecular flexibility index (Phi) is 9.35. The highest BCUT2D eigenvalue weighted by molar-refractivity contribution is 5.84. The Balaban J connectivity index is 2.18. The Morgan fingerprint density at radius 3 is 1.34 bits per heavy atom. The molecule has 0 bridgehead atoms. The quantitative estimate of drug-likeness (QED) is 0.342. The Bertz CT molecular complexity index is 1140. The van der Waals surface area contributed by atoms with Crippen molar-refractivity contribution in [2.45, 2.75) is 112 Å². The van der Waals surface area contributed by atoms with E-state index in [0.717, 1.165) is 33.4 Å². The summed E-state index contributed by atoms with van der Waals surface area (Å²) in [6.45, 7) is 22.4. The first kappa shape index (κ1) is 31.2. The molecule has 0 spiro atoms. The molecule has 0 radical (unpaired) electrons. The van der Waals surface area contributed by atoms with E-state index >= 15 is 0 Å². The lowest BCUT2D eigenvalue weighted by Crippen LogP contribution is -2.43. The van der Waals surface area contributed by atoms with Crippen LogP contribution in [0, 0.1) is 5.92 Å². The van der Waals surface area contributed by atoms with E-state index < -0.39 is 0 Å². The zero-order chi connectivity index (χ0) is 29.2. The highest BCUT2D eigenvalue weighted by Crippen LogP contribution is 2.40. The number of aromatic hydroxyl groups is 2. The predicted octanol–water partition coefficient (Wildman–Crippen LogP) is 6.12. The van der Waals surface area contributed by atoms with Crippen molar-refractivity contribution in [1.29, 1.82) is 0 Å². The maximum Gasteiger partial charge on any atom is 0.242 e. The number of carbonyl (C=O) groups is 2. The maximum atomic E-state index is 12.8. The van der Waals surface area contributed by atoms with Gasteiger partial charge in [0.1, 0.15) is 11.5 Å². The normalized spacial score (nSPS) is 12.5. The van der Waals surface area contributed by atoms with Crippen LogP contribution in [0.5, 0.6) is 11.5 Å². The van der Waals surface area contributed by atoms with Crippen molar-refractivity contribution >= 4 is 11.8 Å². The second kappa shape index (κ2) is 11.4. The lowest BCUT2D eigenvalue weighted by molar-refractivity contribution is -0.128. The van der Waals surface area contributed by atoms with Crippen LogP contribution in [0.4, 0.5) is 0 Å². The molecule has 2 amide bonds. The van der Waals surface area contributed by atoms with Gasteiger partial charge in [-0.25, -0.2) is 0 Å². The van der Waals surface area contributed by atoms with E-state index in [-0.39, 0.29) is 46.7 Å². The molecule has 0 atom stereocenters. The number of phenols is 2. The topological polar surface area (TPSA) is 98.7 Å². The van der Waals surface area contributed by atoms with Crippen molar-refractivity contribution in [1.82, 2.24) is 10.9 Å². The highest BCUT2D eigenvalue weighted by Gasteiger charge is 2.27. The summed E-state index contributed by atoms with van der Waals surface area (Å²) in [6.07, 6.45) is 0.857. The van der Waals surface area contributed by atoms with Gasteiger partial charge in [0.25, 0.3) is 0 Å². The van der Waals surface area contributed by atoms with Crippen LogP contribution < -0.4 is 10.9 Å². The van der Waals surface area contributed by atoms with Gasteiger partial charge in [0.2, 0.25) is 11.8 Å². The average molecular weight is 525 g/mol. The van der Waals surface area contributed by atoms with E-state index in [2.05, 4.69) is 24.7 Å². The summed E-state index contributed by atoms with van der Waals surface area (Å²) in [5, 5.41) is 21.7. The summed E-state index contributed by atoms with van der Waals surface area (Å²) in [7, 11) is 0. The first-order valence-corrected chi connectivity index (χ1v) is 13.5. The molecule has 0 saturated carbocycles. The van der Waals surface area contributed by atoms with Gasteiger partial charge in [0.05, 0.1) is 12.8 Å². The number of rotatable bonds is 6. The number of hydrogen-bond acceptors (Lipinski definition) is 4. The van der Waals surface area contributed by atoms with Crippen LogP contribution in [0.3, 0.4) is 0 Å². The first-order valence-electron chi connectivity index (χ1n) is 13.5. The van der Waals surface area contributed by atoms with Gasteiger partial charge in [0, 0.05) is 0 Å². The van der Waals surface area contributed by atoms with Gasteiger partial charge in [-0.2, -0.15) is 0 Å². The number of amides is 2. The van der Waals surface area contributed by atoms with E-state index in [1.165, 1.54) is 0 Å². The molecule has 4 N–H and O–H groups in total. The highest BCUT2D eigenvalue weighted by atomic mass is 16.3. The van der Waals surface area contributed by atoms with Gasteiger partial charge in [-0.3, -0.25) is 20.4 Å². The fourth-order valence-corrected chi connectivity index (χ4v) is 4.57. The molecule has 0 heterocycles. The van der Waals surface area contributed by atoms with E-state index in [1.807, 2.05) is 86.6 Å². The molecule has 6 nitrogen and oxygen atoms in total. The molecule has 38 heavy (non-hydrogen) atoms. The molecule has 0 aliphatic carbocycles. The largest absolute Gasteiger partial charge is 0.507 e. The minimum absolute atomic E-state index is 0.0681.